The quantitative estimate of drug-likeness (QED) is 0.500. The summed E-state index contributed by atoms with van der Waals surface area (Å²) in [7, 11) is 0. The summed E-state index contributed by atoms with van der Waals surface area (Å²) in [4.78, 5) is 24.3. The Hall–Kier alpha value is -3.05. The standard InChI is InChI=1S/C24H21N3OS/c28-22(16-29-18-8-2-1-3-9-18)27-14-12-20-19-10-4-5-11-21(19)26-23(20)24(27)17-7-6-13-25-15-17/h1-11,13,15,24,26H,12,14,16H2/t24-/m1/s1. The van der Waals surface area contributed by atoms with Gasteiger partial charge in [-0.25, -0.2) is 0 Å². The molecule has 4 nitrogen and oxygen atoms in total. The number of H-pyrrole nitrogens is 1. The van der Waals surface area contributed by atoms with Crippen LogP contribution in [-0.2, 0) is 11.2 Å². The zero-order valence-electron chi connectivity index (χ0n) is 15.9. The van der Waals surface area contributed by atoms with Crippen LogP contribution in [0, 0.1) is 0 Å². The Morgan fingerprint density at radius 3 is 2.72 bits per heavy atom. The van der Waals surface area contributed by atoms with Gasteiger partial charge in [0, 0.05) is 40.4 Å². The van der Waals surface area contributed by atoms with Crippen LogP contribution in [0.1, 0.15) is 22.9 Å². The van der Waals surface area contributed by atoms with E-state index in [0.717, 1.165) is 28.1 Å². The minimum absolute atomic E-state index is 0.135. The summed E-state index contributed by atoms with van der Waals surface area (Å²) >= 11 is 1.59. The molecule has 0 bridgehead atoms. The van der Waals surface area contributed by atoms with Crippen molar-refractivity contribution in [2.45, 2.75) is 17.4 Å². The number of carbonyl (C=O) groups excluding carboxylic acids is 1. The molecule has 144 valence electrons. The van der Waals surface area contributed by atoms with Crippen LogP contribution in [0.15, 0.2) is 84.0 Å². The Bertz CT molecular complexity index is 1140. The molecular weight excluding hydrogens is 378 g/mol. The van der Waals surface area contributed by atoms with Crippen molar-refractivity contribution in [3.8, 4) is 0 Å². The summed E-state index contributed by atoms with van der Waals surface area (Å²) in [6, 6.07) is 22.3. The minimum Gasteiger partial charge on any atom is -0.356 e. The van der Waals surface area contributed by atoms with E-state index in [-0.39, 0.29) is 11.9 Å². The van der Waals surface area contributed by atoms with Gasteiger partial charge in [0.05, 0.1) is 11.8 Å². The lowest BCUT2D eigenvalue weighted by Crippen LogP contribution is -2.41. The Balaban J connectivity index is 1.50. The number of hydrogen-bond donors (Lipinski definition) is 1. The minimum atomic E-state index is -0.135. The highest BCUT2D eigenvalue weighted by Gasteiger charge is 2.34. The van der Waals surface area contributed by atoms with Crippen LogP contribution in [0.5, 0.6) is 0 Å². The van der Waals surface area contributed by atoms with Gasteiger partial charge >= 0.3 is 0 Å². The van der Waals surface area contributed by atoms with Crippen molar-refractivity contribution >= 4 is 28.6 Å². The second kappa shape index (κ2) is 7.76. The molecular formula is C24H21N3OS. The van der Waals surface area contributed by atoms with Crippen molar-refractivity contribution in [3.05, 3.63) is 95.9 Å². The number of aromatic nitrogens is 2. The largest absolute Gasteiger partial charge is 0.356 e. The van der Waals surface area contributed by atoms with Gasteiger partial charge in [0.1, 0.15) is 0 Å². The van der Waals surface area contributed by atoms with Gasteiger partial charge in [-0.15, -0.1) is 11.8 Å². The van der Waals surface area contributed by atoms with Crippen LogP contribution in [0.4, 0.5) is 0 Å². The summed E-state index contributed by atoms with van der Waals surface area (Å²) in [6.07, 6.45) is 4.50. The molecule has 1 N–H and O–H groups in total. The smallest absolute Gasteiger partial charge is 0.233 e. The maximum Gasteiger partial charge on any atom is 0.233 e. The number of nitrogens with zero attached hydrogens (tertiary/aromatic N) is 2. The first-order valence-corrected chi connectivity index (χ1v) is 10.8. The number of benzene rings is 2. The lowest BCUT2D eigenvalue weighted by atomic mass is 9.93. The number of nitrogens with one attached hydrogen (secondary N) is 1. The van der Waals surface area contributed by atoms with Gasteiger partial charge < -0.3 is 9.88 Å². The van der Waals surface area contributed by atoms with E-state index in [0.29, 0.717) is 12.3 Å². The Morgan fingerprint density at radius 1 is 1.07 bits per heavy atom. The van der Waals surface area contributed by atoms with E-state index in [1.165, 1.54) is 10.9 Å². The van der Waals surface area contributed by atoms with Gasteiger partial charge in [0.15, 0.2) is 0 Å². The first-order valence-electron chi connectivity index (χ1n) is 9.78. The van der Waals surface area contributed by atoms with Gasteiger partial charge in [-0.2, -0.15) is 0 Å². The molecule has 3 heterocycles. The highest BCUT2D eigenvalue weighted by atomic mass is 32.2. The predicted molar refractivity (Wildman–Crippen MR) is 117 cm³/mol. The molecule has 0 radical (unpaired) electrons. The van der Waals surface area contributed by atoms with Gasteiger partial charge in [-0.3, -0.25) is 9.78 Å². The zero-order valence-corrected chi connectivity index (χ0v) is 16.7. The maximum absolute atomic E-state index is 13.3. The first kappa shape index (κ1) is 18.0. The van der Waals surface area contributed by atoms with Gasteiger partial charge in [0.2, 0.25) is 5.91 Å². The fourth-order valence-electron chi connectivity index (χ4n) is 4.14. The Kier molecular flexibility index (Phi) is 4.82. The third kappa shape index (κ3) is 3.42. The van der Waals surface area contributed by atoms with Crippen molar-refractivity contribution in [2.24, 2.45) is 0 Å². The molecule has 0 saturated carbocycles. The summed E-state index contributed by atoms with van der Waals surface area (Å²) in [5.41, 5.74) is 4.59. The molecule has 0 spiro atoms. The van der Waals surface area contributed by atoms with E-state index < -0.39 is 0 Å². The predicted octanol–water partition coefficient (Wildman–Crippen LogP) is 4.83. The van der Waals surface area contributed by atoms with Crippen LogP contribution in [0.3, 0.4) is 0 Å². The molecule has 29 heavy (non-hydrogen) atoms. The Morgan fingerprint density at radius 2 is 1.90 bits per heavy atom. The summed E-state index contributed by atoms with van der Waals surface area (Å²) in [5.74, 6) is 0.577. The van der Waals surface area contributed by atoms with E-state index >= 15 is 0 Å². The summed E-state index contributed by atoms with van der Waals surface area (Å²) < 4.78 is 0. The molecule has 0 aliphatic carbocycles. The number of aromatic amines is 1. The molecule has 4 aromatic rings. The molecule has 1 aliphatic rings. The molecule has 2 aromatic heterocycles. The maximum atomic E-state index is 13.3. The van der Waals surface area contributed by atoms with E-state index in [1.54, 1.807) is 18.0 Å². The van der Waals surface area contributed by atoms with Gasteiger partial charge in [-0.1, -0.05) is 42.5 Å². The number of hydrogen-bond acceptors (Lipinski definition) is 3. The second-order valence-corrected chi connectivity index (χ2v) is 8.24. The topological polar surface area (TPSA) is 49.0 Å². The average molecular weight is 400 g/mol. The van der Waals surface area contributed by atoms with Crippen molar-refractivity contribution in [2.75, 3.05) is 12.3 Å². The second-order valence-electron chi connectivity index (χ2n) is 7.19. The van der Waals surface area contributed by atoms with Crippen molar-refractivity contribution in [3.63, 3.8) is 0 Å². The number of para-hydroxylation sites is 1. The monoisotopic (exact) mass is 399 g/mol. The van der Waals surface area contributed by atoms with Crippen molar-refractivity contribution in [1.29, 1.82) is 0 Å². The summed E-state index contributed by atoms with van der Waals surface area (Å²) in [6.45, 7) is 0.711. The lowest BCUT2D eigenvalue weighted by Gasteiger charge is -2.36. The van der Waals surface area contributed by atoms with Crippen molar-refractivity contribution in [1.82, 2.24) is 14.9 Å². The highest BCUT2D eigenvalue weighted by molar-refractivity contribution is 8.00. The van der Waals surface area contributed by atoms with E-state index in [1.807, 2.05) is 53.6 Å². The van der Waals surface area contributed by atoms with Crippen LogP contribution in [0.2, 0.25) is 0 Å². The SMILES string of the molecule is O=C(CSc1ccccc1)N1CCc2c([nH]c3ccccc23)[C@H]1c1cccnc1. The van der Waals surface area contributed by atoms with E-state index in [2.05, 4.69) is 34.2 Å². The molecule has 1 amide bonds. The van der Waals surface area contributed by atoms with Crippen LogP contribution >= 0.6 is 11.8 Å². The number of fused-ring (bicyclic) bond motifs is 3. The Labute approximate surface area is 174 Å². The van der Waals surface area contributed by atoms with Crippen LogP contribution in [0.25, 0.3) is 10.9 Å². The number of carbonyl (C=O) groups is 1. The third-order valence-electron chi connectivity index (χ3n) is 5.46. The molecule has 0 unspecified atom stereocenters. The van der Waals surface area contributed by atoms with Crippen molar-refractivity contribution < 1.29 is 4.79 Å². The molecule has 5 rings (SSSR count). The lowest BCUT2D eigenvalue weighted by molar-refractivity contribution is -0.130. The average Bonchev–Trinajstić information content (AvgIpc) is 3.17. The fourth-order valence-corrected chi connectivity index (χ4v) is 4.94. The number of pyridine rings is 1. The third-order valence-corrected chi connectivity index (χ3v) is 6.46. The van der Waals surface area contributed by atoms with E-state index in [9.17, 15) is 4.79 Å². The highest BCUT2D eigenvalue weighted by Crippen LogP contribution is 2.38. The molecule has 2 aromatic carbocycles. The van der Waals surface area contributed by atoms with Crippen LogP contribution < -0.4 is 0 Å². The number of rotatable bonds is 4. The first-order chi connectivity index (χ1) is 14.3. The molecule has 0 fully saturated rings. The van der Waals surface area contributed by atoms with E-state index in [4.69, 9.17) is 0 Å². The molecule has 1 aliphatic heterocycles. The fraction of sp³-hybridized carbons (Fsp3) is 0.167. The van der Waals surface area contributed by atoms with Crippen LogP contribution in [-0.4, -0.2) is 33.1 Å². The number of thioether (sulfide) groups is 1. The molecule has 0 saturated heterocycles. The zero-order chi connectivity index (χ0) is 19.6. The molecule has 1 atom stereocenters. The van der Waals surface area contributed by atoms with Gasteiger partial charge in [0.25, 0.3) is 0 Å². The normalized spacial score (nSPS) is 16.0. The molecule has 5 heteroatoms. The summed E-state index contributed by atoms with van der Waals surface area (Å²) in [5, 5.41) is 1.25. The number of amides is 1. The van der Waals surface area contributed by atoms with Gasteiger partial charge in [-0.05, 0) is 41.8 Å².